The van der Waals surface area contributed by atoms with Crippen LogP contribution in [0.2, 0.25) is 0 Å². The van der Waals surface area contributed by atoms with Crippen LogP contribution in [0.25, 0.3) is 0 Å². The zero-order valence-corrected chi connectivity index (χ0v) is 23.7. The molecule has 38 heavy (non-hydrogen) atoms. The Kier molecular flexibility index (Phi) is 7.94. The van der Waals surface area contributed by atoms with Crippen LogP contribution in [0.4, 0.5) is 0 Å². The summed E-state index contributed by atoms with van der Waals surface area (Å²) in [5.41, 5.74) is 2.75. The molecule has 3 atom stereocenters. The number of ketones is 1. The summed E-state index contributed by atoms with van der Waals surface area (Å²) in [6, 6.07) is 1.23. The van der Waals surface area contributed by atoms with E-state index in [9.17, 15) is 14.7 Å². The van der Waals surface area contributed by atoms with Crippen molar-refractivity contribution in [3.8, 4) is 5.75 Å². The molecule has 0 saturated heterocycles. The van der Waals surface area contributed by atoms with Gasteiger partial charge in [-0.2, -0.15) is 0 Å². The molecule has 1 N–H and O–H groups in total. The van der Waals surface area contributed by atoms with Crippen LogP contribution in [0, 0.1) is 0 Å². The summed E-state index contributed by atoms with van der Waals surface area (Å²) in [6.45, 7) is 12.6. The molecular weight excluding hydrogens is 480 g/mol. The van der Waals surface area contributed by atoms with Crippen LogP contribution in [-0.4, -0.2) is 22.3 Å². The summed E-state index contributed by atoms with van der Waals surface area (Å²) in [5, 5.41) is 11.1. The fourth-order valence-electron chi connectivity index (χ4n) is 5.86. The van der Waals surface area contributed by atoms with Crippen LogP contribution in [0.15, 0.2) is 67.8 Å². The van der Waals surface area contributed by atoms with Gasteiger partial charge in [0.2, 0.25) is 17.0 Å². The van der Waals surface area contributed by atoms with Gasteiger partial charge in [-0.15, -0.1) is 0 Å². The van der Waals surface area contributed by atoms with Gasteiger partial charge in [0.1, 0.15) is 11.4 Å². The monoisotopic (exact) mass is 522 g/mol. The summed E-state index contributed by atoms with van der Waals surface area (Å²) >= 11 is 0. The molecule has 0 spiro atoms. The number of carbonyl (C=O) groups is 1. The minimum Gasteiger partial charge on any atom is -0.490 e. The largest absolute Gasteiger partial charge is 0.490 e. The summed E-state index contributed by atoms with van der Waals surface area (Å²) < 4.78 is 17.9. The van der Waals surface area contributed by atoms with Crippen molar-refractivity contribution in [2.24, 2.45) is 0 Å². The second-order valence-electron chi connectivity index (χ2n) is 12.0. The zero-order chi connectivity index (χ0) is 27.7. The summed E-state index contributed by atoms with van der Waals surface area (Å²) in [5.74, 6) is -1.89. The lowest BCUT2D eigenvalue weighted by Crippen LogP contribution is -2.60. The maximum absolute atomic E-state index is 13.2. The van der Waals surface area contributed by atoms with Gasteiger partial charge in [-0.3, -0.25) is 9.59 Å². The van der Waals surface area contributed by atoms with Crippen LogP contribution in [0.1, 0.15) is 105 Å². The molecule has 6 heteroatoms. The number of aliphatic hydroxyl groups is 1. The van der Waals surface area contributed by atoms with E-state index in [1.54, 1.807) is 0 Å². The van der Waals surface area contributed by atoms with Gasteiger partial charge in [-0.25, -0.2) is 0 Å². The molecule has 0 unspecified atom stereocenters. The summed E-state index contributed by atoms with van der Waals surface area (Å²) in [7, 11) is 0. The van der Waals surface area contributed by atoms with E-state index in [1.165, 1.54) is 29.0 Å². The first-order chi connectivity index (χ1) is 17.9. The molecule has 0 fully saturated rings. The van der Waals surface area contributed by atoms with E-state index in [-0.39, 0.29) is 12.2 Å². The molecule has 6 nitrogen and oxygen atoms in total. The predicted octanol–water partition coefficient (Wildman–Crippen LogP) is 6.97. The Morgan fingerprint density at radius 2 is 1.63 bits per heavy atom. The van der Waals surface area contributed by atoms with E-state index in [2.05, 4.69) is 52.8 Å². The van der Waals surface area contributed by atoms with E-state index < -0.39 is 28.0 Å². The van der Waals surface area contributed by atoms with Crippen LogP contribution in [0.5, 0.6) is 5.75 Å². The average molecular weight is 523 g/mol. The highest BCUT2D eigenvalue weighted by Gasteiger charge is 2.62. The van der Waals surface area contributed by atoms with Gasteiger partial charge in [0.05, 0.1) is 11.7 Å². The van der Waals surface area contributed by atoms with Crippen molar-refractivity contribution >= 4 is 5.78 Å². The number of rotatable bonds is 9. The van der Waals surface area contributed by atoms with Gasteiger partial charge >= 0.3 is 0 Å². The molecule has 0 saturated carbocycles. The van der Waals surface area contributed by atoms with Crippen molar-refractivity contribution in [3.63, 3.8) is 0 Å². The molecular formula is C32H42O6. The Labute approximate surface area is 226 Å². The second-order valence-corrected chi connectivity index (χ2v) is 12.0. The summed E-state index contributed by atoms with van der Waals surface area (Å²) in [6.07, 6.45) is 15.3. The molecule has 206 valence electrons. The van der Waals surface area contributed by atoms with Gasteiger partial charge < -0.3 is 19.0 Å². The lowest BCUT2D eigenvalue weighted by Gasteiger charge is -2.51. The number of hydrogen-bond acceptors (Lipinski definition) is 6. The smallest absolute Gasteiger partial charge is 0.274 e. The maximum Gasteiger partial charge on any atom is 0.274 e. The minimum absolute atomic E-state index is 0.0476. The Hall–Kier alpha value is -2.86. The van der Waals surface area contributed by atoms with Crippen LogP contribution in [-0.2, 0) is 14.9 Å². The van der Waals surface area contributed by atoms with Gasteiger partial charge in [0, 0.05) is 18.1 Å². The number of carbonyl (C=O) groups excluding carboxylic acids is 1. The molecule has 3 aliphatic rings. The Morgan fingerprint density at radius 3 is 2.32 bits per heavy atom. The highest BCUT2D eigenvalue weighted by molar-refractivity contribution is 6.03. The fraction of sp³-hybridized carbons (Fsp3) is 0.562. The summed E-state index contributed by atoms with van der Waals surface area (Å²) in [4.78, 5) is 25.7. The molecule has 0 amide bonds. The highest BCUT2D eigenvalue weighted by atomic mass is 16.6. The second kappa shape index (κ2) is 10.7. The number of allylic oxidation sites excluding steroid dienone is 7. The van der Waals surface area contributed by atoms with Crippen molar-refractivity contribution < 1.29 is 23.8 Å². The van der Waals surface area contributed by atoms with E-state index in [4.69, 9.17) is 13.9 Å². The molecule has 0 aromatic carbocycles. The quantitative estimate of drug-likeness (QED) is 0.352. The highest BCUT2D eigenvalue weighted by Crippen LogP contribution is 2.56. The fourth-order valence-corrected chi connectivity index (χ4v) is 5.86. The number of Topliss-reactive ketones (excluding diaryl/α,β-unsaturated/α-hetero) is 1. The normalized spacial score (nSPS) is 28.8. The molecule has 1 aliphatic carbocycles. The zero-order valence-electron chi connectivity index (χ0n) is 23.7. The first-order valence-corrected chi connectivity index (χ1v) is 13.8. The van der Waals surface area contributed by atoms with E-state index >= 15 is 0 Å². The standard InChI is InChI=1S/C32H42O6/c1-21(2)10-7-11-22(3)12-8-13-23(4)14-9-17-30(5)18-15-24-27(34)32(35)20-31(6,28(24)38-30)29-26(37-32)25(33)16-19-36-29/h10,12,14,16,19,35H,7-9,11,13,15,17-18,20H2,1-6H3/b22-12+,23-14+/t30-,31-,32+/m1/s1. The number of ether oxygens (including phenoxy) is 2. The maximum atomic E-state index is 13.2. The lowest BCUT2D eigenvalue weighted by atomic mass is 9.66. The van der Waals surface area contributed by atoms with Crippen molar-refractivity contribution in [3.05, 3.63) is 74.6 Å². The van der Waals surface area contributed by atoms with Crippen molar-refractivity contribution in [1.82, 2.24) is 0 Å². The molecule has 2 bridgehead atoms. The first-order valence-electron chi connectivity index (χ1n) is 13.8. The van der Waals surface area contributed by atoms with Crippen LogP contribution in [0.3, 0.4) is 0 Å². The third kappa shape index (κ3) is 5.61. The minimum atomic E-state index is -2.08. The topological polar surface area (TPSA) is 86.0 Å². The van der Waals surface area contributed by atoms with Crippen molar-refractivity contribution in [2.75, 3.05) is 0 Å². The lowest BCUT2D eigenvalue weighted by molar-refractivity contribution is -0.191. The third-order valence-electron chi connectivity index (χ3n) is 8.15. The third-order valence-corrected chi connectivity index (χ3v) is 8.15. The molecule has 2 aliphatic heterocycles. The molecule has 3 heterocycles. The van der Waals surface area contributed by atoms with Gasteiger partial charge in [-0.1, -0.05) is 34.9 Å². The van der Waals surface area contributed by atoms with Crippen LogP contribution < -0.4 is 10.2 Å². The Balaban J connectivity index is 1.42. The van der Waals surface area contributed by atoms with Crippen LogP contribution >= 0.6 is 0 Å². The van der Waals surface area contributed by atoms with Gasteiger partial charge in [0.25, 0.3) is 5.79 Å². The number of hydrogen-bond donors (Lipinski definition) is 1. The SMILES string of the molecule is CC(C)=CCC/C(C)=C/CC/C(C)=C/CC[C@]1(C)CCC2=C(O1)[C@@]1(C)C[C@](O)(Oc3c1occc3=O)C2=O. The average Bonchev–Trinajstić information content (AvgIpc) is 2.83. The van der Waals surface area contributed by atoms with Gasteiger partial charge in [-0.05, 0) is 92.9 Å². The predicted molar refractivity (Wildman–Crippen MR) is 148 cm³/mol. The van der Waals surface area contributed by atoms with E-state index in [0.29, 0.717) is 29.9 Å². The van der Waals surface area contributed by atoms with Crippen molar-refractivity contribution in [2.45, 2.75) is 116 Å². The van der Waals surface area contributed by atoms with Crippen molar-refractivity contribution in [1.29, 1.82) is 0 Å². The van der Waals surface area contributed by atoms with E-state index in [1.807, 2.05) is 6.92 Å². The number of fused-ring (bicyclic) bond motifs is 5. The Morgan fingerprint density at radius 1 is 0.974 bits per heavy atom. The Bertz CT molecular complexity index is 1270. The molecule has 1 aromatic rings. The molecule has 0 radical (unpaired) electrons. The van der Waals surface area contributed by atoms with E-state index in [0.717, 1.165) is 38.5 Å². The first kappa shape index (κ1) is 28.2. The molecule has 1 aromatic heterocycles. The van der Waals surface area contributed by atoms with Gasteiger partial charge in [0.15, 0.2) is 5.76 Å². The molecule has 4 rings (SSSR count).